The van der Waals surface area contributed by atoms with Crippen LogP contribution in [0.15, 0.2) is 18.5 Å². The lowest BCUT2D eigenvalue weighted by atomic mass is 10.1. The summed E-state index contributed by atoms with van der Waals surface area (Å²) in [5, 5.41) is 5.81. The molecular weight excluding hydrogens is 178 g/mol. The number of carbonyl (C=O) groups excluding carboxylic acids is 1. The van der Waals surface area contributed by atoms with Gasteiger partial charge in [-0.25, -0.2) is 0 Å². The molecule has 0 aliphatic carbocycles. The number of likely N-dealkylation sites (N-methyl/N-ethyl adjacent to an activating group) is 1. The number of hydrogen-bond donors (Lipinski definition) is 3. The molecule has 1 aromatic rings. The number of H-pyrrole nitrogens is 1. The van der Waals surface area contributed by atoms with Crippen molar-refractivity contribution in [2.75, 3.05) is 7.05 Å². The lowest BCUT2D eigenvalue weighted by molar-refractivity contribution is -0.126. The summed E-state index contributed by atoms with van der Waals surface area (Å²) in [6.45, 7) is 4.26. The minimum Gasteiger partial charge on any atom is -0.367 e. The van der Waals surface area contributed by atoms with Gasteiger partial charge in [-0.2, -0.15) is 0 Å². The molecule has 1 aromatic heterocycles. The predicted molar refractivity (Wildman–Crippen MR) is 55.8 cm³/mol. The van der Waals surface area contributed by atoms with E-state index in [9.17, 15) is 4.79 Å². The van der Waals surface area contributed by atoms with Gasteiger partial charge in [-0.15, -0.1) is 0 Å². The molecule has 0 saturated carbocycles. The van der Waals surface area contributed by atoms with Crippen molar-refractivity contribution in [3.8, 4) is 0 Å². The van der Waals surface area contributed by atoms with E-state index in [1.54, 1.807) is 7.05 Å². The van der Waals surface area contributed by atoms with E-state index in [1.807, 2.05) is 32.3 Å². The number of aromatic nitrogens is 1. The SMILES string of the molecule is CNC(C)(C)C(=O)NCc1cc[nH]c1. The Morgan fingerprint density at radius 2 is 2.29 bits per heavy atom. The zero-order valence-electron chi connectivity index (χ0n) is 8.85. The Bertz CT molecular complexity index is 290. The molecule has 0 atom stereocenters. The van der Waals surface area contributed by atoms with Crippen LogP contribution in [-0.4, -0.2) is 23.5 Å². The van der Waals surface area contributed by atoms with Gasteiger partial charge in [-0.3, -0.25) is 4.79 Å². The van der Waals surface area contributed by atoms with E-state index in [0.717, 1.165) is 5.56 Å². The molecule has 1 rings (SSSR count). The summed E-state index contributed by atoms with van der Waals surface area (Å²) in [4.78, 5) is 14.5. The third kappa shape index (κ3) is 2.60. The second kappa shape index (κ2) is 4.28. The number of amides is 1. The van der Waals surface area contributed by atoms with Gasteiger partial charge in [0.25, 0.3) is 0 Å². The highest BCUT2D eigenvalue weighted by atomic mass is 16.2. The van der Waals surface area contributed by atoms with Gasteiger partial charge in [0.1, 0.15) is 0 Å². The van der Waals surface area contributed by atoms with Gasteiger partial charge in [0.05, 0.1) is 5.54 Å². The Labute approximate surface area is 84.1 Å². The van der Waals surface area contributed by atoms with Crippen molar-refractivity contribution in [1.82, 2.24) is 15.6 Å². The van der Waals surface area contributed by atoms with Crippen molar-refractivity contribution in [3.05, 3.63) is 24.0 Å². The third-order valence-electron chi connectivity index (χ3n) is 2.31. The quantitative estimate of drug-likeness (QED) is 0.660. The first kappa shape index (κ1) is 10.8. The van der Waals surface area contributed by atoms with Gasteiger partial charge in [-0.1, -0.05) is 0 Å². The van der Waals surface area contributed by atoms with Crippen LogP contribution in [0.2, 0.25) is 0 Å². The number of rotatable bonds is 4. The van der Waals surface area contributed by atoms with Crippen molar-refractivity contribution in [1.29, 1.82) is 0 Å². The molecule has 0 radical (unpaired) electrons. The average Bonchev–Trinajstić information content (AvgIpc) is 2.66. The molecule has 4 heteroatoms. The second-order valence-electron chi connectivity index (χ2n) is 3.78. The fourth-order valence-electron chi connectivity index (χ4n) is 0.985. The molecule has 0 aliphatic heterocycles. The first-order chi connectivity index (χ1) is 6.56. The Balaban J connectivity index is 2.43. The van der Waals surface area contributed by atoms with Crippen LogP contribution in [0.1, 0.15) is 19.4 Å². The smallest absolute Gasteiger partial charge is 0.239 e. The summed E-state index contributed by atoms with van der Waals surface area (Å²) < 4.78 is 0. The molecule has 0 aromatic carbocycles. The Kier molecular flexibility index (Phi) is 3.30. The van der Waals surface area contributed by atoms with Gasteiger partial charge in [0, 0.05) is 18.9 Å². The number of aromatic amines is 1. The summed E-state index contributed by atoms with van der Waals surface area (Å²) in [5.74, 6) is 0.00111. The minimum atomic E-state index is -0.518. The Hall–Kier alpha value is -1.29. The van der Waals surface area contributed by atoms with Crippen LogP contribution in [-0.2, 0) is 11.3 Å². The van der Waals surface area contributed by atoms with Crippen LogP contribution in [0.25, 0.3) is 0 Å². The Morgan fingerprint density at radius 1 is 1.57 bits per heavy atom. The first-order valence-corrected chi connectivity index (χ1v) is 4.65. The minimum absolute atomic E-state index is 0.00111. The van der Waals surface area contributed by atoms with Crippen LogP contribution in [0.4, 0.5) is 0 Å². The van der Waals surface area contributed by atoms with Crippen LogP contribution in [0.5, 0.6) is 0 Å². The number of carbonyl (C=O) groups is 1. The van der Waals surface area contributed by atoms with Crippen LogP contribution in [0, 0.1) is 0 Å². The first-order valence-electron chi connectivity index (χ1n) is 4.65. The average molecular weight is 195 g/mol. The zero-order valence-corrected chi connectivity index (χ0v) is 8.85. The molecule has 0 unspecified atom stereocenters. The largest absolute Gasteiger partial charge is 0.367 e. The molecule has 0 bridgehead atoms. The highest BCUT2D eigenvalue weighted by Crippen LogP contribution is 2.02. The number of nitrogens with one attached hydrogen (secondary N) is 3. The monoisotopic (exact) mass is 195 g/mol. The molecule has 1 amide bonds. The fourth-order valence-corrected chi connectivity index (χ4v) is 0.985. The molecule has 4 nitrogen and oxygen atoms in total. The molecule has 0 aliphatic rings. The van der Waals surface area contributed by atoms with Crippen molar-refractivity contribution < 1.29 is 4.79 Å². The maximum absolute atomic E-state index is 11.6. The molecule has 0 spiro atoms. The van der Waals surface area contributed by atoms with Gasteiger partial charge >= 0.3 is 0 Å². The molecule has 1 heterocycles. The van der Waals surface area contributed by atoms with E-state index < -0.39 is 5.54 Å². The Morgan fingerprint density at radius 3 is 2.79 bits per heavy atom. The van der Waals surface area contributed by atoms with Gasteiger partial charge in [0.15, 0.2) is 0 Å². The molecule has 0 saturated heterocycles. The zero-order chi connectivity index (χ0) is 10.6. The van der Waals surface area contributed by atoms with E-state index in [0.29, 0.717) is 6.54 Å². The van der Waals surface area contributed by atoms with Gasteiger partial charge in [0.2, 0.25) is 5.91 Å². The van der Waals surface area contributed by atoms with E-state index in [2.05, 4.69) is 15.6 Å². The number of hydrogen-bond acceptors (Lipinski definition) is 2. The highest BCUT2D eigenvalue weighted by Gasteiger charge is 2.24. The molecule has 3 N–H and O–H groups in total. The van der Waals surface area contributed by atoms with Crippen LogP contribution in [0.3, 0.4) is 0 Å². The third-order valence-corrected chi connectivity index (χ3v) is 2.31. The standard InChI is InChI=1S/C10H17N3O/c1-10(2,11-3)9(14)13-7-8-4-5-12-6-8/h4-6,11-12H,7H2,1-3H3,(H,13,14). The van der Waals surface area contributed by atoms with Crippen LogP contribution < -0.4 is 10.6 Å². The van der Waals surface area contributed by atoms with Crippen molar-refractivity contribution in [2.24, 2.45) is 0 Å². The molecule has 78 valence electrons. The normalized spacial score (nSPS) is 11.4. The maximum Gasteiger partial charge on any atom is 0.239 e. The highest BCUT2D eigenvalue weighted by molar-refractivity contribution is 5.85. The molecule has 14 heavy (non-hydrogen) atoms. The van der Waals surface area contributed by atoms with E-state index in [1.165, 1.54) is 0 Å². The molecule has 0 fully saturated rings. The lowest BCUT2D eigenvalue weighted by Gasteiger charge is -2.22. The van der Waals surface area contributed by atoms with Crippen molar-refractivity contribution >= 4 is 5.91 Å². The summed E-state index contributed by atoms with van der Waals surface area (Å²) in [5.41, 5.74) is 0.557. The summed E-state index contributed by atoms with van der Waals surface area (Å²) in [6.07, 6.45) is 3.71. The maximum atomic E-state index is 11.6. The van der Waals surface area contributed by atoms with Crippen LogP contribution >= 0.6 is 0 Å². The van der Waals surface area contributed by atoms with Crippen molar-refractivity contribution in [2.45, 2.75) is 25.9 Å². The summed E-state index contributed by atoms with van der Waals surface area (Å²) in [6, 6.07) is 1.94. The predicted octanol–water partition coefficient (Wildman–Crippen LogP) is 0.629. The van der Waals surface area contributed by atoms with E-state index in [-0.39, 0.29) is 5.91 Å². The second-order valence-corrected chi connectivity index (χ2v) is 3.78. The van der Waals surface area contributed by atoms with Gasteiger partial charge < -0.3 is 15.6 Å². The summed E-state index contributed by atoms with van der Waals surface area (Å²) in [7, 11) is 1.77. The summed E-state index contributed by atoms with van der Waals surface area (Å²) >= 11 is 0. The van der Waals surface area contributed by atoms with E-state index in [4.69, 9.17) is 0 Å². The van der Waals surface area contributed by atoms with Gasteiger partial charge in [-0.05, 0) is 32.5 Å². The topological polar surface area (TPSA) is 56.9 Å². The lowest BCUT2D eigenvalue weighted by Crippen LogP contribution is -2.50. The molecular formula is C10H17N3O. The van der Waals surface area contributed by atoms with Crippen molar-refractivity contribution in [3.63, 3.8) is 0 Å². The van der Waals surface area contributed by atoms with E-state index >= 15 is 0 Å². The fraction of sp³-hybridized carbons (Fsp3) is 0.500.